The van der Waals surface area contributed by atoms with Crippen molar-refractivity contribution in [3.8, 4) is 5.75 Å². The summed E-state index contributed by atoms with van der Waals surface area (Å²) in [7, 11) is 1.60. The van der Waals surface area contributed by atoms with Gasteiger partial charge in [-0.25, -0.2) is 0 Å². The highest BCUT2D eigenvalue weighted by atomic mass is 35.5. The lowest BCUT2D eigenvalue weighted by Crippen LogP contribution is -2.29. The number of hydrogen-bond acceptors (Lipinski definition) is 3. The summed E-state index contributed by atoms with van der Waals surface area (Å²) in [5.74, 6) is 0.632. The Morgan fingerprint density at radius 3 is 2.67 bits per heavy atom. The van der Waals surface area contributed by atoms with Gasteiger partial charge in [0.05, 0.1) is 23.9 Å². The monoisotopic (exact) mass is 398 g/mol. The Morgan fingerprint density at radius 2 is 2.04 bits per heavy atom. The molecular weight excluding hydrogens is 380 g/mol. The zero-order chi connectivity index (χ0) is 19.0. The van der Waals surface area contributed by atoms with Crippen LogP contribution in [0, 0.1) is 6.92 Å². The summed E-state index contributed by atoms with van der Waals surface area (Å²) in [6, 6.07) is 15.6. The molecule has 0 radical (unpaired) electrons. The second kappa shape index (κ2) is 7.21. The second-order valence-corrected chi connectivity index (χ2v) is 7.21. The molecule has 2 N–H and O–H groups in total. The predicted octanol–water partition coefficient (Wildman–Crippen LogP) is 4.56. The number of aromatic amines is 1. The van der Waals surface area contributed by atoms with Crippen molar-refractivity contribution in [1.82, 2.24) is 15.3 Å². The molecule has 0 aliphatic carbocycles. The molecule has 138 valence electrons. The van der Waals surface area contributed by atoms with Crippen molar-refractivity contribution in [3.63, 3.8) is 0 Å². The lowest BCUT2D eigenvalue weighted by Gasteiger charge is -2.27. The lowest BCUT2D eigenvalue weighted by atomic mass is 10.0. The van der Waals surface area contributed by atoms with E-state index in [1.54, 1.807) is 13.3 Å². The van der Waals surface area contributed by atoms with Gasteiger partial charge in [0.2, 0.25) is 0 Å². The molecule has 0 spiro atoms. The van der Waals surface area contributed by atoms with Crippen molar-refractivity contribution in [2.45, 2.75) is 19.0 Å². The van der Waals surface area contributed by atoms with Crippen molar-refractivity contribution >= 4 is 34.6 Å². The van der Waals surface area contributed by atoms with Crippen LogP contribution < -0.4 is 15.0 Å². The molecule has 1 saturated heterocycles. The minimum atomic E-state index is -0.0855. The van der Waals surface area contributed by atoms with Crippen LogP contribution in [-0.2, 0) is 0 Å². The smallest absolute Gasteiger partial charge is 0.174 e. The van der Waals surface area contributed by atoms with E-state index in [1.807, 2.05) is 43.3 Å². The third-order valence-corrected chi connectivity index (χ3v) is 5.29. The molecule has 0 amide bonds. The fraction of sp³-hybridized carbons (Fsp3) is 0.200. The molecule has 3 aromatic rings. The molecule has 4 rings (SSSR count). The number of rotatable bonds is 4. The Bertz CT molecular complexity index is 975. The van der Waals surface area contributed by atoms with E-state index in [0.717, 1.165) is 22.8 Å². The fourth-order valence-corrected chi connectivity index (χ4v) is 4.05. The van der Waals surface area contributed by atoms with Crippen LogP contribution in [0.3, 0.4) is 0 Å². The van der Waals surface area contributed by atoms with Crippen LogP contribution in [0.5, 0.6) is 5.75 Å². The van der Waals surface area contributed by atoms with Crippen LogP contribution in [0.15, 0.2) is 54.7 Å². The zero-order valence-corrected chi connectivity index (χ0v) is 16.5. The van der Waals surface area contributed by atoms with Crippen LogP contribution in [0.2, 0.25) is 5.02 Å². The summed E-state index contributed by atoms with van der Waals surface area (Å²) in [4.78, 5) is 10.1. The Labute approximate surface area is 168 Å². The van der Waals surface area contributed by atoms with Gasteiger partial charge in [0.25, 0.3) is 0 Å². The van der Waals surface area contributed by atoms with Crippen molar-refractivity contribution in [3.05, 3.63) is 76.8 Å². The molecule has 1 fully saturated rings. The molecule has 27 heavy (non-hydrogen) atoms. The number of anilines is 1. The first kappa shape index (κ1) is 17.8. The van der Waals surface area contributed by atoms with Crippen molar-refractivity contribution in [2.24, 2.45) is 0 Å². The number of aromatic nitrogens is 2. The van der Waals surface area contributed by atoms with E-state index in [1.165, 1.54) is 0 Å². The van der Waals surface area contributed by atoms with Gasteiger partial charge in [-0.05, 0) is 61.6 Å². The maximum absolute atomic E-state index is 6.37. The molecule has 3 heterocycles. The van der Waals surface area contributed by atoms with E-state index in [0.29, 0.717) is 15.9 Å². The minimum absolute atomic E-state index is 0.0782. The number of benzene rings is 1. The third kappa shape index (κ3) is 3.26. The number of aryl methyl sites for hydroxylation is 1. The van der Waals surface area contributed by atoms with Crippen LogP contribution in [0.4, 0.5) is 5.69 Å². The number of halogens is 1. The van der Waals surface area contributed by atoms with Gasteiger partial charge >= 0.3 is 0 Å². The van der Waals surface area contributed by atoms with E-state index in [-0.39, 0.29) is 12.1 Å². The van der Waals surface area contributed by atoms with Crippen molar-refractivity contribution in [1.29, 1.82) is 0 Å². The number of nitrogens with one attached hydrogen (secondary N) is 2. The highest BCUT2D eigenvalue weighted by Crippen LogP contribution is 2.42. The number of pyridine rings is 1. The average Bonchev–Trinajstić information content (AvgIpc) is 3.25. The first-order valence-corrected chi connectivity index (χ1v) is 9.37. The van der Waals surface area contributed by atoms with Gasteiger partial charge in [-0.3, -0.25) is 4.98 Å². The van der Waals surface area contributed by atoms with Crippen LogP contribution in [0.25, 0.3) is 0 Å². The second-order valence-electron chi connectivity index (χ2n) is 6.41. The van der Waals surface area contributed by atoms with E-state index < -0.39 is 0 Å². The zero-order valence-electron chi connectivity index (χ0n) is 14.9. The van der Waals surface area contributed by atoms with Crippen molar-refractivity contribution in [2.75, 3.05) is 12.0 Å². The Morgan fingerprint density at radius 1 is 1.19 bits per heavy atom. The lowest BCUT2D eigenvalue weighted by molar-refractivity contribution is 0.415. The fourth-order valence-electron chi connectivity index (χ4n) is 3.45. The normalized spacial score (nSPS) is 19.2. The number of nitrogens with zero attached hydrogens (tertiary/aromatic N) is 2. The summed E-state index contributed by atoms with van der Waals surface area (Å²) in [6.45, 7) is 2.04. The predicted molar refractivity (Wildman–Crippen MR) is 111 cm³/mol. The molecular formula is C20H19ClN4OS. The summed E-state index contributed by atoms with van der Waals surface area (Å²) in [6.07, 6.45) is 1.80. The maximum Gasteiger partial charge on any atom is 0.174 e. The molecule has 0 saturated carbocycles. The Kier molecular flexibility index (Phi) is 4.76. The van der Waals surface area contributed by atoms with E-state index >= 15 is 0 Å². The van der Waals surface area contributed by atoms with Gasteiger partial charge in [-0.2, -0.15) is 0 Å². The quantitative estimate of drug-likeness (QED) is 0.631. The average molecular weight is 399 g/mol. The number of ether oxygens (including phenoxy) is 1. The minimum Gasteiger partial charge on any atom is -0.495 e. The van der Waals surface area contributed by atoms with E-state index in [2.05, 4.69) is 32.3 Å². The molecule has 2 aromatic heterocycles. The molecule has 2 atom stereocenters. The van der Waals surface area contributed by atoms with E-state index in [4.69, 9.17) is 28.6 Å². The maximum atomic E-state index is 6.37. The molecule has 0 unspecified atom stereocenters. The summed E-state index contributed by atoms with van der Waals surface area (Å²) in [5.41, 5.74) is 3.98. The first-order valence-electron chi connectivity index (χ1n) is 8.58. The summed E-state index contributed by atoms with van der Waals surface area (Å²) in [5, 5.41) is 4.60. The summed E-state index contributed by atoms with van der Waals surface area (Å²) < 4.78 is 5.28. The molecule has 1 aliphatic rings. The van der Waals surface area contributed by atoms with Crippen LogP contribution in [-0.4, -0.2) is 22.2 Å². The van der Waals surface area contributed by atoms with Gasteiger partial charge in [0, 0.05) is 23.3 Å². The highest BCUT2D eigenvalue weighted by molar-refractivity contribution is 7.80. The molecule has 1 aromatic carbocycles. The molecule has 1 aliphatic heterocycles. The number of thiocarbonyl (C=S) groups is 1. The van der Waals surface area contributed by atoms with Gasteiger partial charge < -0.3 is 19.9 Å². The van der Waals surface area contributed by atoms with Gasteiger partial charge in [0.1, 0.15) is 11.8 Å². The largest absolute Gasteiger partial charge is 0.495 e. The third-order valence-electron chi connectivity index (χ3n) is 4.68. The molecule has 0 bridgehead atoms. The number of methoxy groups -OCH3 is 1. The Balaban J connectivity index is 1.81. The first-order chi connectivity index (χ1) is 13.1. The van der Waals surface area contributed by atoms with Gasteiger partial charge in [-0.15, -0.1) is 0 Å². The number of hydrogen-bond donors (Lipinski definition) is 2. The van der Waals surface area contributed by atoms with Crippen LogP contribution >= 0.6 is 23.8 Å². The van der Waals surface area contributed by atoms with Gasteiger partial charge in [0.15, 0.2) is 5.11 Å². The summed E-state index contributed by atoms with van der Waals surface area (Å²) >= 11 is 12.1. The van der Waals surface area contributed by atoms with E-state index in [9.17, 15) is 0 Å². The standard InChI is InChI=1S/C20H19ClN4OS/c1-12-6-8-16(23-12)19-18(15-5-3-4-10-22-15)24-20(27)25(19)13-7-9-17(26-2)14(21)11-13/h3-11,18-19,23H,1-2H3,(H,24,27)/t18-,19+/m1/s1. The van der Waals surface area contributed by atoms with Crippen LogP contribution in [0.1, 0.15) is 29.2 Å². The molecule has 5 nitrogen and oxygen atoms in total. The molecule has 7 heteroatoms. The highest BCUT2D eigenvalue weighted by Gasteiger charge is 2.41. The van der Waals surface area contributed by atoms with Gasteiger partial charge in [-0.1, -0.05) is 17.7 Å². The van der Waals surface area contributed by atoms with Crippen molar-refractivity contribution < 1.29 is 4.74 Å². The number of H-pyrrole nitrogens is 1. The SMILES string of the molecule is COc1ccc(N2C(=S)N[C@H](c3ccccn3)[C@@H]2c2ccc(C)[nH]2)cc1Cl. The topological polar surface area (TPSA) is 53.2 Å². The Hall–Kier alpha value is -2.57.